The normalized spacial score (nSPS) is 16.1. The van der Waals surface area contributed by atoms with Crippen LogP contribution in [0.4, 0.5) is 5.69 Å². The Bertz CT molecular complexity index is 697. The Labute approximate surface area is 156 Å². The van der Waals surface area contributed by atoms with Crippen LogP contribution in [0.25, 0.3) is 0 Å². The lowest BCUT2D eigenvalue weighted by atomic mass is 9.95. The maximum absolute atomic E-state index is 12.5. The van der Waals surface area contributed by atoms with E-state index < -0.39 is 0 Å². The molecule has 3 nitrogen and oxygen atoms in total. The summed E-state index contributed by atoms with van der Waals surface area (Å²) < 4.78 is 0.915. The first-order valence-corrected chi connectivity index (χ1v) is 9.31. The Morgan fingerprint density at radius 1 is 1.12 bits per heavy atom. The number of rotatable bonds is 4. The summed E-state index contributed by atoms with van der Waals surface area (Å²) in [5, 5.41) is 3.80. The van der Waals surface area contributed by atoms with Crippen molar-refractivity contribution in [3.63, 3.8) is 0 Å². The van der Waals surface area contributed by atoms with Crippen LogP contribution in [-0.2, 0) is 11.3 Å². The first kappa shape index (κ1) is 17.5. The highest BCUT2D eigenvalue weighted by Crippen LogP contribution is 2.25. The molecular weight excluding hydrogens is 388 g/mol. The summed E-state index contributed by atoms with van der Waals surface area (Å²) in [5.41, 5.74) is 2.10. The SMILES string of the molecule is O=C(Nc1ccccc1Br)C1CCN(Cc2ccc(Cl)cc2)CC1. The first-order chi connectivity index (χ1) is 11.6. The molecule has 5 heteroatoms. The van der Waals surface area contributed by atoms with Gasteiger partial charge in [0, 0.05) is 22.0 Å². The van der Waals surface area contributed by atoms with Crippen LogP contribution in [0.15, 0.2) is 53.0 Å². The molecule has 1 aliphatic heterocycles. The fraction of sp³-hybridized carbons (Fsp3) is 0.316. The zero-order chi connectivity index (χ0) is 16.9. The van der Waals surface area contributed by atoms with Crippen molar-refractivity contribution >= 4 is 39.1 Å². The number of likely N-dealkylation sites (tertiary alicyclic amines) is 1. The number of nitrogens with one attached hydrogen (secondary N) is 1. The van der Waals surface area contributed by atoms with Gasteiger partial charge in [0.05, 0.1) is 5.69 Å². The molecule has 0 unspecified atom stereocenters. The topological polar surface area (TPSA) is 32.3 Å². The standard InChI is InChI=1S/C19H20BrClN2O/c20-17-3-1-2-4-18(17)22-19(24)15-9-11-23(12-10-15)13-14-5-7-16(21)8-6-14/h1-8,15H,9-13H2,(H,22,24). The number of nitrogens with zero attached hydrogens (tertiary/aromatic N) is 1. The van der Waals surface area contributed by atoms with E-state index in [2.05, 4.69) is 38.3 Å². The van der Waals surface area contributed by atoms with Crippen molar-refractivity contribution in [3.05, 3.63) is 63.6 Å². The number of hydrogen-bond donors (Lipinski definition) is 1. The molecule has 126 valence electrons. The van der Waals surface area contributed by atoms with E-state index in [0.717, 1.165) is 47.7 Å². The van der Waals surface area contributed by atoms with Gasteiger partial charge in [-0.1, -0.05) is 35.9 Å². The summed E-state index contributed by atoms with van der Waals surface area (Å²) in [7, 11) is 0. The molecule has 1 fully saturated rings. The van der Waals surface area contributed by atoms with E-state index in [4.69, 9.17) is 11.6 Å². The lowest BCUT2D eigenvalue weighted by molar-refractivity contribution is -0.121. The summed E-state index contributed by atoms with van der Waals surface area (Å²) in [5.74, 6) is 0.201. The third-order valence-corrected chi connectivity index (χ3v) is 5.35. The smallest absolute Gasteiger partial charge is 0.227 e. The fourth-order valence-electron chi connectivity index (χ4n) is 3.00. The maximum Gasteiger partial charge on any atom is 0.227 e. The molecule has 1 aliphatic rings. The third-order valence-electron chi connectivity index (χ3n) is 4.41. The van der Waals surface area contributed by atoms with Gasteiger partial charge in [-0.3, -0.25) is 9.69 Å². The predicted octanol–water partition coefficient (Wildman–Crippen LogP) is 4.95. The number of carbonyl (C=O) groups is 1. The summed E-state index contributed by atoms with van der Waals surface area (Å²) in [4.78, 5) is 14.9. The minimum atomic E-state index is 0.0820. The van der Waals surface area contributed by atoms with E-state index in [1.165, 1.54) is 5.56 Å². The van der Waals surface area contributed by atoms with Crippen LogP contribution in [0, 0.1) is 5.92 Å². The van der Waals surface area contributed by atoms with Gasteiger partial charge < -0.3 is 5.32 Å². The predicted molar refractivity (Wildman–Crippen MR) is 102 cm³/mol. The van der Waals surface area contributed by atoms with E-state index in [0.29, 0.717) is 0 Å². The second-order valence-corrected chi connectivity index (χ2v) is 7.44. The molecule has 2 aromatic rings. The lowest BCUT2D eigenvalue weighted by Crippen LogP contribution is -2.37. The average Bonchev–Trinajstić information content (AvgIpc) is 2.59. The Hall–Kier alpha value is -1.36. The van der Waals surface area contributed by atoms with Crippen LogP contribution >= 0.6 is 27.5 Å². The van der Waals surface area contributed by atoms with Gasteiger partial charge in [0.1, 0.15) is 0 Å². The van der Waals surface area contributed by atoms with Crippen LogP contribution in [0.2, 0.25) is 5.02 Å². The Balaban J connectivity index is 1.50. The van der Waals surface area contributed by atoms with E-state index in [1.54, 1.807) is 0 Å². The number of para-hydroxylation sites is 1. The zero-order valence-electron chi connectivity index (χ0n) is 13.3. The number of benzene rings is 2. The van der Waals surface area contributed by atoms with Crippen molar-refractivity contribution in [2.45, 2.75) is 19.4 Å². The van der Waals surface area contributed by atoms with Gasteiger partial charge in [-0.15, -0.1) is 0 Å². The Morgan fingerprint density at radius 2 is 1.79 bits per heavy atom. The Kier molecular flexibility index (Phi) is 5.93. The van der Waals surface area contributed by atoms with Crippen molar-refractivity contribution < 1.29 is 4.79 Å². The minimum Gasteiger partial charge on any atom is -0.325 e. The number of anilines is 1. The highest BCUT2D eigenvalue weighted by molar-refractivity contribution is 9.10. The van der Waals surface area contributed by atoms with Gasteiger partial charge >= 0.3 is 0 Å². The molecule has 0 radical (unpaired) electrons. The summed E-state index contributed by atoms with van der Waals surface area (Å²) in [6, 6.07) is 15.7. The number of carbonyl (C=O) groups excluding carboxylic acids is 1. The fourth-order valence-corrected chi connectivity index (χ4v) is 3.51. The number of piperidine rings is 1. The molecule has 1 amide bonds. The van der Waals surface area contributed by atoms with E-state index in [1.807, 2.05) is 36.4 Å². The quantitative estimate of drug-likeness (QED) is 0.777. The second-order valence-electron chi connectivity index (χ2n) is 6.15. The van der Waals surface area contributed by atoms with Crippen molar-refractivity contribution in [2.24, 2.45) is 5.92 Å². The first-order valence-electron chi connectivity index (χ1n) is 8.14. The van der Waals surface area contributed by atoms with Gasteiger partial charge in [-0.2, -0.15) is 0 Å². The van der Waals surface area contributed by atoms with E-state index in [-0.39, 0.29) is 11.8 Å². The van der Waals surface area contributed by atoms with E-state index in [9.17, 15) is 4.79 Å². The van der Waals surface area contributed by atoms with Crippen LogP contribution in [-0.4, -0.2) is 23.9 Å². The number of halogens is 2. The molecule has 0 bridgehead atoms. The highest BCUT2D eigenvalue weighted by Gasteiger charge is 2.25. The molecule has 0 spiro atoms. The van der Waals surface area contributed by atoms with Crippen LogP contribution in [0.5, 0.6) is 0 Å². The molecule has 1 saturated heterocycles. The van der Waals surface area contributed by atoms with Crippen molar-refractivity contribution in [2.75, 3.05) is 18.4 Å². The summed E-state index contributed by atoms with van der Waals surface area (Å²) in [6.07, 6.45) is 1.79. The van der Waals surface area contributed by atoms with Crippen molar-refractivity contribution in [1.82, 2.24) is 4.90 Å². The highest BCUT2D eigenvalue weighted by atomic mass is 79.9. The molecule has 3 rings (SSSR count). The van der Waals surface area contributed by atoms with E-state index >= 15 is 0 Å². The van der Waals surface area contributed by atoms with Gasteiger partial charge in [0.15, 0.2) is 0 Å². The van der Waals surface area contributed by atoms with Gasteiger partial charge in [-0.25, -0.2) is 0 Å². The molecule has 24 heavy (non-hydrogen) atoms. The summed E-state index contributed by atoms with van der Waals surface area (Å²) in [6.45, 7) is 2.79. The second kappa shape index (κ2) is 8.15. The zero-order valence-corrected chi connectivity index (χ0v) is 15.7. The molecule has 2 aromatic carbocycles. The van der Waals surface area contributed by atoms with Crippen LogP contribution < -0.4 is 5.32 Å². The maximum atomic E-state index is 12.5. The number of amides is 1. The monoisotopic (exact) mass is 406 g/mol. The van der Waals surface area contributed by atoms with Crippen LogP contribution in [0.1, 0.15) is 18.4 Å². The third kappa shape index (κ3) is 4.59. The van der Waals surface area contributed by atoms with Crippen molar-refractivity contribution in [3.8, 4) is 0 Å². The molecule has 0 aromatic heterocycles. The molecule has 1 heterocycles. The van der Waals surface area contributed by atoms with Gasteiger partial charge in [0.2, 0.25) is 5.91 Å². The van der Waals surface area contributed by atoms with Crippen LogP contribution in [0.3, 0.4) is 0 Å². The van der Waals surface area contributed by atoms with Crippen molar-refractivity contribution in [1.29, 1.82) is 0 Å². The van der Waals surface area contributed by atoms with Gasteiger partial charge in [0.25, 0.3) is 0 Å². The molecule has 0 atom stereocenters. The minimum absolute atomic E-state index is 0.0820. The van der Waals surface area contributed by atoms with Gasteiger partial charge in [-0.05, 0) is 71.7 Å². The average molecular weight is 408 g/mol. The number of hydrogen-bond acceptors (Lipinski definition) is 2. The Morgan fingerprint density at radius 3 is 2.46 bits per heavy atom. The lowest BCUT2D eigenvalue weighted by Gasteiger charge is -2.31. The summed E-state index contributed by atoms with van der Waals surface area (Å²) >= 11 is 9.39. The molecular formula is C19H20BrClN2O. The molecule has 0 aliphatic carbocycles. The molecule has 1 N–H and O–H groups in total. The molecule has 0 saturated carbocycles. The largest absolute Gasteiger partial charge is 0.325 e.